The summed E-state index contributed by atoms with van der Waals surface area (Å²) in [5, 5.41) is 7.11. The highest BCUT2D eigenvalue weighted by Crippen LogP contribution is 2.22. The molecule has 162 valence electrons. The van der Waals surface area contributed by atoms with Crippen LogP contribution in [0.25, 0.3) is 16.7 Å². The lowest BCUT2D eigenvalue weighted by Gasteiger charge is -2.14. The highest BCUT2D eigenvalue weighted by atomic mass is 35.5. The largest absolute Gasteiger partial charge is 0.320 e. The number of amides is 1. The quantitative estimate of drug-likeness (QED) is 0.497. The van der Waals surface area contributed by atoms with Gasteiger partial charge in [-0.1, -0.05) is 11.6 Å². The Bertz CT molecular complexity index is 1450. The highest BCUT2D eigenvalue weighted by Gasteiger charge is 2.21. The first-order valence-electron chi connectivity index (χ1n) is 9.77. The number of pyridine rings is 2. The van der Waals surface area contributed by atoms with E-state index >= 15 is 0 Å². The molecule has 0 unspecified atom stereocenters. The third kappa shape index (κ3) is 3.97. The van der Waals surface area contributed by atoms with E-state index in [0.29, 0.717) is 22.8 Å². The van der Waals surface area contributed by atoms with Crippen LogP contribution in [0, 0.1) is 33.5 Å². The number of aromatic nitrogens is 4. The number of rotatable bonds is 3. The monoisotopic (exact) mass is 451 g/mol. The molecule has 0 bridgehead atoms. The van der Waals surface area contributed by atoms with Gasteiger partial charge in [-0.2, -0.15) is 5.10 Å². The topological polar surface area (TPSA) is 89.8 Å². The molecule has 0 aliphatic rings. The van der Waals surface area contributed by atoms with Crippen molar-refractivity contribution in [2.45, 2.75) is 27.7 Å². The Labute approximate surface area is 187 Å². The summed E-state index contributed by atoms with van der Waals surface area (Å²) in [6.07, 6.45) is 0. The molecule has 1 N–H and O–H groups in total. The van der Waals surface area contributed by atoms with Gasteiger partial charge < -0.3 is 5.32 Å². The van der Waals surface area contributed by atoms with Crippen LogP contribution in [0.5, 0.6) is 0 Å². The minimum Gasteiger partial charge on any atom is -0.320 e. The minimum absolute atomic E-state index is 0.0182. The van der Waals surface area contributed by atoms with Crippen LogP contribution in [0.4, 0.5) is 10.1 Å². The zero-order valence-electron chi connectivity index (χ0n) is 17.8. The lowest BCUT2D eigenvalue weighted by molar-refractivity contribution is 0.102. The number of anilines is 1. The molecule has 32 heavy (non-hydrogen) atoms. The molecule has 0 radical (unpaired) electrons. The van der Waals surface area contributed by atoms with Gasteiger partial charge in [-0.05, 0) is 69.7 Å². The molecule has 0 fully saturated rings. The van der Waals surface area contributed by atoms with E-state index in [-0.39, 0.29) is 21.7 Å². The number of halogens is 2. The van der Waals surface area contributed by atoms with Crippen LogP contribution in [0.15, 0.2) is 41.2 Å². The first-order valence-corrected chi connectivity index (χ1v) is 10.1. The van der Waals surface area contributed by atoms with Crippen LogP contribution in [0.3, 0.4) is 0 Å². The van der Waals surface area contributed by atoms with E-state index in [1.807, 2.05) is 6.92 Å². The Morgan fingerprint density at radius 1 is 1.03 bits per heavy atom. The average molecular weight is 452 g/mol. The molecule has 0 aliphatic carbocycles. The van der Waals surface area contributed by atoms with Crippen molar-refractivity contribution in [2.75, 3.05) is 5.32 Å². The van der Waals surface area contributed by atoms with E-state index in [4.69, 9.17) is 11.6 Å². The second-order valence-electron chi connectivity index (χ2n) is 7.54. The van der Waals surface area contributed by atoms with E-state index in [9.17, 15) is 14.0 Å². The molecule has 4 aromatic rings. The van der Waals surface area contributed by atoms with Gasteiger partial charge in [-0.3, -0.25) is 14.6 Å². The van der Waals surface area contributed by atoms with Gasteiger partial charge in [0.2, 0.25) is 5.43 Å². The Kier molecular flexibility index (Phi) is 5.48. The summed E-state index contributed by atoms with van der Waals surface area (Å²) < 4.78 is 16.0. The molecule has 0 aliphatic heterocycles. The molecule has 9 heteroatoms. The highest BCUT2D eigenvalue weighted by molar-refractivity contribution is 6.30. The van der Waals surface area contributed by atoms with E-state index in [1.165, 1.54) is 16.8 Å². The van der Waals surface area contributed by atoms with Crippen LogP contribution in [0.2, 0.25) is 5.02 Å². The van der Waals surface area contributed by atoms with E-state index in [0.717, 1.165) is 11.6 Å². The van der Waals surface area contributed by atoms with Crippen molar-refractivity contribution in [3.63, 3.8) is 0 Å². The van der Waals surface area contributed by atoms with Crippen LogP contribution in [-0.4, -0.2) is 25.7 Å². The minimum atomic E-state index is -0.731. The predicted molar refractivity (Wildman–Crippen MR) is 121 cm³/mol. The molecular formula is C23H19ClFN5O2. The molecule has 0 atom stereocenters. The summed E-state index contributed by atoms with van der Waals surface area (Å²) in [6.45, 7) is 7.16. The fourth-order valence-corrected chi connectivity index (χ4v) is 3.57. The molecule has 0 spiro atoms. The fourth-order valence-electron chi connectivity index (χ4n) is 3.41. The zero-order chi connectivity index (χ0) is 23.2. The van der Waals surface area contributed by atoms with Crippen molar-refractivity contribution >= 4 is 34.2 Å². The van der Waals surface area contributed by atoms with E-state index < -0.39 is 22.8 Å². The number of benzene rings is 1. The first-order chi connectivity index (χ1) is 15.1. The second kappa shape index (κ2) is 8.12. The Balaban J connectivity index is 1.95. The maximum atomic E-state index is 14.8. The molecule has 0 saturated carbocycles. The number of carbonyl (C=O) groups excluding carboxylic acids is 1. The normalized spacial score (nSPS) is 11.1. The predicted octanol–water partition coefficient (Wildman–Crippen LogP) is 4.45. The number of hydrogen-bond acceptors (Lipinski definition) is 5. The number of aryl methyl sites for hydroxylation is 4. The number of nitrogens with zero attached hydrogens (tertiary/aromatic N) is 4. The molecule has 0 saturated heterocycles. The summed E-state index contributed by atoms with van der Waals surface area (Å²) in [6, 6.07) is 9.12. The van der Waals surface area contributed by atoms with Crippen LogP contribution in [0.1, 0.15) is 33.1 Å². The van der Waals surface area contributed by atoms with Crippen LogP contribution in [-0.2, 0) is 0 Å². The van der Waals surface area contributed by atoms with Crippen molar-refractivity contribution in [1.29, 1.82) is 0 Å². The summed E-state index contributed by atoms with van der Waals surface area (Å²) in [7, 11) is 0. The van der Waals surface area contributed by atoms with Gasteiger partial charge in [-0.25, -0.2) is 14.1 Å². The van der Waals surface area contributed by atoms with Gasteiger partial charge in [0.1, 0.15) is 17.0 Å². The number of carbonyl (C=O) groups is 1. The summed E-state index contributed by atoms with van der Waals surface area (Å²) >= 11 is 5.89. The third-order valence-electron chi connectivity index (χ3n) is 5.00. The van der Waals surface area contributed by atoms with Gasteiger partial charge in [0.05, 0.1) is 5.52 Å². The number of hydrogen-bond donors (Lipinski definition) is 1. The number of fused-ring (bicyclic) bond motifs is 1. The van der Waals surface area contributed by atoms with Gasteiger partial charge in [0.15, 0.2) is 5.69 Å². The average Bonchev–Trinajstić information content (AvgIpc) is 2.69. The summed E-state index contributed by atoms with van der Waals surface area (Å²) in [4.78, 5) is 34.8. The Morgan fingerprint density at radius 3 is 2.38 bits per heavy atom. The molecule has 3 aromatic heterocycles. The SMILES string of the molecule is Cc1cc(NC(=O)c2nn(-c3ccc(Cl)cc3F)c3cc(C)c(C)nc3c2=O)cc(C)n1. The van der Waals surface area contributed by atoms with Crippen molar-refractivity contribution < 1.29 is 9.18 Å². The van der Waals surface area contributed by atoms with Gasteiger partial charge in [0, 0.05) is 27.8 Å². The molecule has 1 amide bonds. The van der Waals surface area contributed by atoms with Crippen molar-refractivity contribution in [3.05, 3.63) is 85.8 Å². The second-order valence-corrected chi connectivity index (χ2v) is 7.97. The van der Waals surface area contributed by atoms with Crippen molar-refractivity contribution in [3.8, 4) is 5.69 Å². The lowest BCUT2D eigenvalue weighted by atomic mass is 10.1. The standard InChI is InChI=1S/C23H19ClFN5O2/c1-11-7-19-20(27-14(11)4)22(31)21(23(32)28-16-8-12(2)26-13(3)9-16)29-30(19)18-6-5-15(24)10-17(18)25/h5-10H,1-4H3,(H,26,28,32). The van der Waals surface area contributed by atoms with E-state index in [2.05, 4.69) is 20.4 Å². The van der Waals surface area contributed by atoms with Crippen LogP contribution < -0.4 is 10.7 Å². The maximum Gasteiger partial charge on any atom is 0.280 e. The zero-order valence-corrected chi connectivity index (χ0v) is 18.6. The third-order valence-corrected chi connectivity index (χ3v) is 5.23. The Hall–Kier alpha value is -3.65. The van der Waals surface area contributed by atoms with Crippen molar-refractivity contribution in [2.24, 2.45) is 0 Å². The number of nitrogens with one attached hydrogen (secondary N) is 1. The van der Waals surface area contributed by atoms with Crippen LogP contribution >= 0.6 is 11.6 Å². The summed E-state index contributed by atoms with van der Waals surface area (Å²) in [5.74, 6) is -1.38. The fraction of sp³-hybridized carbons (Fsp3) is 0.174. The maximum absolute atomic E-state index is 14.8. The van der Waals surface area contributed by atoms with E-state index in [1.54, 1.807) is 39.0 Å². The molecule has 7 nitrogen and oxygen atoms in total. The Morgan fingerprint density at radius 2 is 1.72 bits per heavy atom. The molecular weight excluding hydrogens is 433 g/mol. The molecule has 1 aromatic carbocycles. The molecule has 3 heterocycles. The molecule has 4 rings (SSSR count). The summed E-state index contributed by atoms with van der Waals surface area (Å²) in [5.41, 5.74) is 2.59. The van der Waals surface area contributed by atoms with Gasteiger partial charge in [-0.15, -0.1) is 0 Å². The van der Waals surface area contributed by atoms with Gasteiger partial charge in [0.25, 0.3) is 5.91 Å². The first kappa shape index (κ1) is 21.6. The van der Waals surface area contributed by atoms with Gasteiger partial charge >= 0.3 is 0 Å². The van der Waals surface area contributed by atoms with Crippen molar-refractivity contribution in [1.82, 2.24) is 19.7 Å². The lowest BCUT2D eigenvalue weighted by Crippen LogP contribution is -2.28. The smallest absolute Gasteiger partial charge is 0.280 e.